The number of rotatable bonds is 4. The Kier molecular flexibility index (Phi) is 4.32. The van der Waals surface area contributed by atoms with Gasteiger partial charge in [0.25, 0.3) is 6.43 Å². The van der Waals surface area contributed by atoms with E-state index in [1.165, 1.54) is 35.0 Å². The average molecular weight is 392 g/mol. The maximum absolute atomic E-state index is 13.6. The number of alkyl halides is 3. The van der Waals surface area contributed by atoms with Gasteiger partial charge in [-0.15, -0.1) is 0 Å². The SMILES string of the molecule is CC1(F)CN(C(=O)Cn2ncc3ncc(-c4ccc(F)c(C(F)F)c4)cc32)C1. The lowest BCUT2D eigenvalue weighted by Crippen LogP contribution is -2.59. The third-order valence-electron chi connectivity index (χ3n) is 4.74. The summed E-state index contributed by atoms with van der Waals surface area (Å²) in [6.07, 6.45) is 0.0251. The number of nitrogens with zero attached hydrogens (tertiary/aromatic N) is 4. The van der Waals surface area contributed by atoms with Crippen LogP contribution >= 0.6 is 0 Å². The van der Waals surface area contributed by atoms with Crippen molar-refractivity contribution in [3.05, 3.63) is 48.0 Å². The second-order valence-corrected chi connectivity index (χ2v) is 7.13. The number of pyridine rings is 1. The Morgan fingerprint density at radius 3 is 2.64 bits per heavy atom. The van der Waals surface area contributed by atoms with Crippen molar-refractivity contribution in [2.45, 2.75) is 25.6 Å². The van der Waals surface area contributed by atoms with E-state index in [2.05, 4.69) is 10.1 Å². The Morgan fingerprint density at radius 1 is 1.21 bits per heavy atom. The molecule has 5 nitrogen and oxygen atoms in total. The molecule has 2 aromatic heterocycles. The summed E-state index contributed by atoms with van der Waals surface area (Å²) in [6, 6.07) is 5.11. The molecule has 0 bridgehead atoms. The molecule has 0 atom stereocenters. The summed E-state index contributed by atoms with van der Waals surface area (Å²) >= 11 is 0. The quantitative estimate of drug-likeness (QED) is 0.636. The first-order valence-corrected chi connectivity index (χ1v) is 8.60. The molecule has 9 heteroatoms. The Balaban J connectivity index is 1.63. The molecular formula is C19H16F4N4O. The number of hydrogen-bond acceptors (Lipinski definition) is 3. The van der Waals surface area contributed by atoms with Crippen LogP contribution in [0, 0.1) is 5.82 Å². The number of hydrogen-bond donors (Lipinski definition) is 0. The molecule has 0 unspecified atom stereocenters. The van der Waals surface area contributed by atoms with Gasteiger partial charge < -0.3 is 4.90 Å². The number of carbonyl (C=O) groups is 1. The molecule has 146 valence electrons. The van der Waals surface area contributed by atoms with Gasteiger partial charge in [-0.1, -0.05) is 6.07 Å². The number of fused-ring (bicyclic) bond motifs is 1. The van der Waals surface area contributed by atoms with Gasteiger partial charge in [0.1, 0.15) is 23.5 Å². The number of halogens is 4. The molecule has 0 radical (unpaired) electrons. The first-order valence-electron chi connectivity index (χ1n) is 8.60. The van der Waals surface area contributed by atoms with Gasteiger partial charge >= 0.3 is 0 Å². The first kappa shape index (κ1) is 18.4. The number of benzene rings is 1. The van der Waals surface area contributed by atoms with Crippen LogP contribution in [0.1, 0.15) is 18.9 Å². The Morgan fingerprint density at radius 2 is 1.96 bits per heavy atom. The first-order chi connectivity index (χ1) is 13.2. The van der Waals surface area contributed by atoms with Crippen molar-refractivity contribution < 1.29 is 22.4 Å². The van der Waals surface area contributed by atoms with Crippen LogP contribution in [-0.4, -0.2) is 44.3 Å². The van der Waals surface area contributed by atoms with Crippen LogP contribution in [-0.2, 0) is 11.3 Å². The Labute approximate surface area is 157 Å². The van der Waals surface area contributed by atoms with Crippen molar-refractivity contribution in [1.29, 1.82) is 0 Å². The van der Waals surface area contributed by atoms with E-state index >= 15 is 0 Å². The molecule has 4 rings (SSSR count). The molecule has 28 heavy (non-hydrogen) atoms. The Bertz CT molecular complexity index is 1060. The summed E-state index contributed by atoms with van der Waals surface area (Å²) in [5, 5.41) is 4.14. The number of carbonyl (C=O) groups excluding carboxylic acids is 1. The van der Waals surface area contributed by atoms with Gasteiger partial charge in [0, 0.05) is 11.8 Å². The number of likely N-dealkylation sites (tertiary alicyclic amines) is 1. The minimum atomic E-state index is -2.93. The van der Waals surface area contributed by atoms with Gasteiger partial charge in [-0.25, -0.2) is 17.6 Å². The molecule has 1 aliphatic rings. The zero-order valence-electron chi connectivity index (χ0n) is 14.9. The van der Waals surface area contributed by atoms with Crippen molar-refractivity contribution in [2.75, 3.05) is 13.1 Å². The minimum Gasteiger partial charge on any atom is -0.335 e. The van der Waals surface area contributed by atoms with Crippen molar-refractivity contribution >= 4 is 16.9 Å². The third kappa shape index (κ3) is 3.32. The molecule has 1 saturated heterocycles. The largest absolute Gasteiger partial charge is 0.335 e. The predicted octanol–water partition coefficient (Wildman–Crippen LogP) is 3.75. The van der Waals surface area contributed by atoms with E-state index in [-0.39, 0.29) is 25.5 Å². The minimum absolute atomic E-state index is 0.0422. The van der Waals surface area contributed by atoms with Gasteiger partial charge in [-0.05, 0) is 30.7 Å². The van der Waals surface area contributed by atoms with Crippen molar-refractivity contribution in [3.63, 3.8) is 0 Å². The maximum atomic E-state index is 13.6. The molecule has 1 aromatic carbocycles. The standard InChI is InChI=1S/C19H16F4N4O/c1-19(23)9-26(10-19)17(28)8-27-16-5-12(6-24-15(16)7-25-27)11-2-3-14(20)13(4-11)18(21)22/h2-7,18H,8-10H2,1H3. The summed E-state index contributed by atoms with van der Waals surface area (Å²) in [5.74, 6) is -1.25. The van der Waals surface area contributed by atoms with E-state index < -0.39 is 23.5 Å². The summed E-state index contributed by atoms with van der Waals surface area (Å²) < 4.78 is 54.5. The maximum Gasteiger partial charge on any atom is 0.266 e. The summed E-state index contributed by atoms with van der Waals surface area (Å²) in [5.41, 5.74) is -0.135. The molecule has 3 heterocycles. The van der Waals surface area contributed by atoms with E-state index in [1.807, 2.05) is 0 Å². The molecule has 3 aromatic rings. The van der Waals surface area contributed by atoms with E-state index in [0.717, 1.165) is 12.1 Å². The van der Waals surface area contributed by atoms with Gasteiger partial charge in [0.2, 0.25) is 5.91 Å². The monoisotopic (exact) mass is 392 g/mol. The molecule has 0 N–H and O–H groups in total. The van der Waals surface area contributed by atoms with Gasteiger partial charge in [-0.3, -0.25) is 14.5 Å². The number of aromatic nitrogens is 3. The summed E-state index contributed by atoms with van der Waals surface area (Å²) in [4.78, 5) is 17.9. The smallest absolute Gasteiger partial charge is 0.266 e. The molecule has 0 saturated carbocycles. The normalized spacial score (nSPS) is 15.9. The molecule has 1 amide bonds. The second-order valence-electron chi connectivity index (χ2n) is 7.13. The van der Waals surface area contributed by atoms with E-state index in [1.54, 1.807) is 6.07 Å². The molecule has 0 spiro atoms. The lowest BCUT2D eigenvalue weighted by Gasteiger charge is -2.42. The fourth-order valence-corrected chi connectivity index (χ4v) is 3.28. The van der Waals surface area contributed by atoms with Gasteiger partial charge in [-0.2, -0.15) is 5.10 Å². The topological polar surface area (TPSA) is 51.0 Å². The summed E-state index contributed by atoms with van der Waals surface area (Å²) in [7, 11) is 0. The van der Waals surface area contributed by atoms with Crippen LogP contribution < -0.4 is 0 Å². The van der Waals surface area contributed by atoms with Crippen LogP contribution in [0.15, 0.2) is 36.7 Å². The van der Waals surface area contributed by atoms with E-state index in [9.17, 15) is 22.4 Å². The lowest BCUT2D eigenvalue weighted by molar-refractivity contribution is -0.144. The van der Waals surface area contributed by atoms with Crippen LogP contribution in [0.4, 0.5) is 17.6 Å². The van der Waals surface area contributed by atoms with Crippen LogP contribution in [0.3, 0.4) is 0 Å². The van der Waals surface area contributed by atoms with Gasteiger partial charge in [0.15, 0.2) is 0 Å². The molecule has 0 aliphatic carbocycles. The van der Waals surface area contributed by atoms with Crippen LogP contribution in [0.2, 0.25) is 0 Å². The number of amides is 1. The Hall–Kier alpha value is -2.97. The van der Waals surface area contributed by atoms with Crippen molar-refractivity contribution in [1.82, 2.24) is 19.7 Å². The van der Waals surface area contributed by atoms with Crippen molar-refractivity contribution in [3.8, 4) is 11.1 Å². The lowest BCUT2D eigenvalue weighted by atomic mass is 9.99. The van der Waals surface area contributed by atoms with E-state index in [0.29, 0.717) is 22.2 Å². The molecule has 1 aliphatic heterocycles. The highest BCUT2D eigenvalue weighted by Gasteiger charge is 2.41. The predicted molar refractivity (Wildman–Crippen MR) is 94.0 cm³/mol. The highest BCUT2D eigenvalue weighted by atomic mass is 19.3. The summed E-state index contributed by atoms with van der Waals surface area (Å²) in [6.45, 7) is 1.43. The highest BCUT2D eigenvalue weighted by molar-refractivity contribution is 5.83. The van der Waals surface area contributed by atoms with Gasteiger partial charge in [0.05, 0.1) is 30.4 Å². The molecule has 1 fully saturated rings. The molecular weight excluding hydrogens is 376 g/mol. The third-order valence-corrected chi connectivity index (χ3v) is 4.74. The highest BCUT2D eigenvalue weighted by Crippen LogP contribution is 2.29. The average Bonchev–Trinajstić information content (AvgIpc) is 3.02. The van der Waals surface area contributed by atoms with Crippen molar-refractivity contribution in [2.24, 2.45) is 0 Å². The zero-order valence-corrected chi connectivity index (χ0v) is 14.9. The van der Waals surface area contributed by atoms with Crippen LogP contribution in [0.5, 0.6) is 0 Å². The van der Waals surface area contributed by atoms with Crippen LogP contribution in [0.25, 0.3) is 22.2 Å². The zero-order chi connectivity index (χ0) is 20.1. The fraction of sp³-hybridized carbons (Fsp3) is 0.316. The van der Waals surface area contributed by atoms with E-state index in [4.69, 9.17) is 0 Å². The fourth-order valence-electron chi connectivity index (χ4n) is 3.28. The second kappa shape index (κ2) is 6.57.